The lowest BCUT2D eigenvalue weighted by Crippen LogP contribution is -2.33. The molecular formula is C13H18N4OS2. The van der Waals surface area contributed by atoms with Gasteiger partial charge in [0.1, 0.15) is 0 Å². The monoisotopic (exact) mass is 310 g/mol. The van der Waals surface area contributed by atoms with Gasteiger partial charge in [0, 0.05) is 6.04 Å². The molecule has 2 aromatic heterocycles. The smallest absolute Gasteiger partial charge is 0.230 e. The number of nitrogens with one attached hydrogen (secondary N) is 2. The van der Waals surface area contributed by atoms with E-state index in [4.69, 9.17) is 0 Å². The molecule has 0 aliphatic rings. The van der Waals surface area contributed by atoms with E-state index in [1.807, 2.05) is 24.4 Å². The van der Waals surface area contributed by atoms with Crippen LogP contribution >= 0.6 is 23.1 Å². The van der Waals surface area contributed by atoms with Crippen molar-refractivity contribution in [3.63, 3.8) is 0 Å². The highest BCUT2D eigenvalue weighted by molar-refractivity contribution is 7.99. The lowest BCUT2D eigenvalue weighted by atomic mass is 10.2. The van der Waals surface area contributed by atoms with Crippen LogP contribution in [0.25, 0.3) is 10.7 Å². The van der Waals surface area contributed by atoms with Gasteiger partial charge in [0.2, 0.25) is 11.1 Å². The number of rotatable bonds is 7. The Labute approximate surface area is 126 Å². The summed E-state index contributed by atoms with van der Waals surface area (Å²) in [5.74, 6) is 1.12. The third-order valence-corrected chi connectivity index (χ3v) is 4.40. The molecule has 0 aliphatic heterocycles. The first-order valence-electron chi connectivity index (χ1n) is 6.57. The summed E-state index contributed by atoms with van der Waals surface area (Å²) in [4.78, 5) is 17.2. The normalized spacial score (nSPS) is 12.3. The Morgan fingerprint density at radius 2 is 2.45 bits per heavy atom. The van der Waals surface area contributed by atoms with E-state index in [0.29, 0.717) is 10.9 Å². The van der Waals surface area contributed by atoms with Gasteiger partial charge in [0.25, 0.3) is 0 Å². The molecule has 2 heterocycles. The summed E-state index contributed by atoms with van der Waals surface area (Å²) in [6.45, 7) is 4.13. The van der Waals surface area contributed by atoms with Crippen LogP contribution < -0.4 is 5.32 Å². The maximum atomic E-state index is 11.7. The maximum absolute atomic E-state index is 11.7. The molecule has 2 rings (SSSR count). The number of hydrogen-bond donors (Lipinski definition) is 2. The van der Waals surface area contributed by atoms with E-state index in [0.717, 1.165) is 23.5 Å². The molecule has 1 atom stereocenters. The molecule has 0 unspecified atom stereocenters. The zero-order valence-electron chi connectivity index (χ0n) is 11.5. The zero-order valence-corrected chi connectivity index (χ0v) is 13.2. The van der Waals surface area contributed by atoms with Gasteiger partial charge in [-0.3, -0.25) is 9.89 Å². The van der Waals surface area contributed by atoms with Crippen molar-refractivity contribution in [2.75, 3.05) is 5.75 Å². The van der Waals surface area contributed by atoms with Crippen LogP contribution in [0.2, 0.25) is 0 Å². The average Bonchev–Trinajstić information content (AvgIpc) is 3.07. The van der Waals surface area contributed by atoms with Gasteiger partial charge in [-0.25, -0.2) is 4.98 Å². The summed E-state index contributed by atoms with van der Waals surface area (Å²) < 4.78 is 0. The number of H-pyrrole nitrogens is 1. The van der Waals surface area contributed by atoms with Crippen LogP contribution in [0.1, 0.15) is 26.7 Å². The molecular weight excluding hydrogens is 292 g/mol. The van der Waals surface area contributed by atoms with Gasteiger partial charge in [-0.05, 0) is 24.8 Å². The van der Waals surface area contributed by atoms with Crippen LogP contribution in [0.4, 0.5) is 0 Å². The predicted octanol–water partition coefficient (Wildman–Crippen LogP) is 2.93. The fourth-order valence-electron chi connectivity index (χ4n) is 1.79. The summed E-state index contributed by atoms with van der Waals surface area (Å²) in [5.41, 5.74) is 0. The van der Waals surface area contributed by atoms with Crippen molar-refractivity contribution in [1.29, 1.82) is 0 Å². The number of carbonyl (C=O) groups is 1. The lowest BCUT2D eigenvalue weighted by Gasteiger charge is -2.11. The number of carbonyl (C=O) groups excluding carboxylic acids is 1. The van der Waals surface area contributed by atoms with Crippen LogP contribution in [0.15, 0.2) is 22.7 Å². The molecule has 0 aromatic carbocycles. The fraction of sp³-hybridized carbons (Fsp3) is 0.462. The van der Waals surface area contributed by atoms with Crippen LogP contribution in [-0.2, 0) is 4.79 Å². The Hall–Kier alpha value is -1.34. The topological polar surface area (TPSA) is 70.7 Å². The van der Waals surface area contributed by atoms with Crippen molar-refractivity contribution >= 4 is 29.0 Å². The molecule has 1 amide bonds. The summed E-state index contributed by atoms with van der Waals surface area (Å²) in [7, 11) is 0. The number of hydrogen-bond acceptors (Lipinski definition) is 5. The second-order valence-corrected chi connectivity index (χ2v) is 6.38. The minimum atomic E-state index is 0.0263. The number of amides is 1. The largest absolute Gasteiger partial charge is 0.353 e. The van der Waals surface area contributed by atoms with E-state index >= 15 is 0 Å². The van der Waals surface area contributed by atoms with Crippen LogP contribution in [0.5, 0.6) is 0 Å². The first-order chi connectivity index (χ1) is 9.69. The zero-order chi connectivity index (χ0) is 14.4. The van der Waals surface area contributed by atoms with Crippen LogP contribution in [0, 0.1) is 0 Å². The van der Waals surface area contributed by atoms with Crippen LogP contribution in [-0.4, -0.2) is 32.9 Å². The summed E-state index contributed by atoms with van der Waals surface area (Å²) in [6.07, 6.45) is 2.07. The molecule has 20 heavy (non-hydrogen) atoms. The van der Waals surface area contributed by atoms with Crippen molar-refractivity contribution < 1.29 is 4.79 Å². The molecule has 0 saturated heterocycles. The van der Waals surface area contributed by atoms with Crippen molar-refractivity contribution in [2.24, 2.45) is 0 Å². The first kappa shape index (κ1) is 15.1. The molecule has 0 fully saturated rings. The lowest BCUT2D eigenvalue weighted by molar-refractivity contribution is -0.119. The SMILES string of the molecule is CCC[C@@H](C)NC(=O)CSc1n[nH]c(-c2cccs2)n1. The third-order valence-electron chi connectivity index (χ3n) is 2.68. The third kappa shape index (κ3) is 4.35. The van der Waals surface area contributed by atoms with Crippen molar-refractivity contribution in [3.05, 3.63) is 17.5 Å². The quantitative estimate of drug-likeness (QED) is 0.771. The van der Waals surface area contributed by atoms with E-state index in [-0.39, 0.29) is 11.9 Å². The number of nitrogens with zero attached hydrogens (tertiary/aromatic N) is 2. The van der Waals surface area contributed by atoms with E-state index < -0.39 is 0 Å². The number of thiophene rings is 1. The van der Waals surface area contributed by atoms with E-state index in [1.165, 1.54) is 11.8 Å². The molecule has 108 valence electrons. The Balaban J connectivity index is 1.81. The molecule has 5 nitrogen and oxygen atoms in total. The van der Waals surface area contributed by atoms with Gasteiger partial charge >= 0.3 is 0 Å². The van der Waals surface area contributed by atoms with Crippen molar-refractivity contribution in [2.45, 2.75) is 37.9 Å². The van der Waals surface area contributed by atoms with Crippen molar-refractivity contribution in [1.82, 2.24) is 20.5 Å². The van der Waals surface area contributed by atoms with E-state index in [2.05, 4.69) is 27.4 Å². The Morgan fingerprint density at radius 1 is 1.60 bits per heavy atom. The minimum absolute atomic E-state index is 0.0263. The second kappa shape index (κ2) is 7.44. The molecule has 2 aromatic rings. The summed E-state index contributed by atoms with van der Waals surface area (Å²) in [5, 5.41) is 12.6. The van der Waals surface area contributed by atoms with Gasteiger partial charge in [0.05, 0.1) is 10.6 Å². The number of aromatic amines is 1. The molecule has 0 radical (unpaired) electrons. The van der Waals surface area contributed by atoms with Gasteiger partial charge in [-0.15, -0.1) is 16.4 Å². The van der Waals surface area contributed by atoms with Gasteiger partial charge < -0.3 is 5.32 Å². The summed E-state index contributed by atoms with van der Waals surface area (Å²) >= 11 is 2.95. The average molecular weight is 310 g/mol. The summed E-state index contributed by atoms with van der Waals surface area (Å²) in [6, 6.07) is 4.18. The molecule has 0 saturated carbocycles. The Bertz CT molecular complexity index is 538. The highest BCUT2D eigenvalue weighted by atomic mass is 32.2. The van der Waals surface area contributed by atoms with Gasteiger partial charge in [-0.1, -0.05) is 31.2 Å². The highest BCUT2D eigenvalue weighted by Gasteiger charge is 2.10. The Kier molecular flexibility index (Phi) is 5.60. The highest BCUT2D eigenvalue weighted by Crippen LogP contribution is 2.22. The number of aromatic nitrogens is 3. The Morgan fingerprint density at radius 3 is 3.15 bits per heavy atom. The fourth-order valence-corrected chi connectivity index (χ4v) is 3.06. The second-order valence-electron chi connectivity index (χ2n) is 4.49. The molecule has 2 N–H and O–H groups in total. The standard InChI is InChI=1S/C13H18N4OS2/c1-3-5-9(2)14-11(18)8-20-13-15-12(16-17-13)10-6-4-7-19-10/h4,6-7,9H,3,5,8H2,1-2H3,(H,14,18)(H,15,16,17)/t9-/m1/s1. The molecule has 0 aliphatic carbocycles. The van der Waals surface area contributed by atoms with Crippen molar-refractivity contribution in [3.8, 4) is 10.7 Å². The molecule has 0 spiro atoms. The minimum Gasteiger partial charge on any atom is -0.353 e. The van der Waals surface area contributed by atoms with E-state index in [9.17, 15) is 4.79 Å². The maximum Gasteiger partial charge on any atom is 0.230 e. The van der Waals surface area contributed by atoms with Crippen LogP contribution in [0.3, 0.4) is 0 Å². The van der Waals surface area contributed by atoms with Gasteiger partial charge in [-0.2, -0.15) is 0 Å². The first-order valence-corrected chi connectivity index (χ1v) is 8.44. The predicted molar refractivity (Wildman–Crippen MR) is 82.9 cm³/mol. The molecule has 7 heteroatoms. The van der Waals surface area contributed by atoms with Gasteiger partial charge in [0.15, 0.2) is 5.82 Å². The molecule has 0 bridgehead atoms. The van der Waals surface area contributed by atoms with E-state index in [1.54, 1.807) is 11.3 Å². The number of thioether (sulfide) groups is 1.